The quantitative estimate of drug-likeness (QED) is 0.902. The van der Waals surface area contributed by atoms with E-state index in [0.717, 1.165) is 45.4 Å². The van der Waals surface area contributed by atoms with Gasteiger partial charge in [-0.25, -0.2) is 0 Å². The van der Waals surface area contributed by atoms with Gasteiger partial charge in [-0.2, -0.15) is 0 Å². The summed E-state index contributed by atoms with van der Waals surface area (Å²) in [7, 11) is 0. The minimum atomic E-state index is 0.0167. The summed E-state index contributed by atoms with van der Waals surface area (Å²) in [6.07, 6.45) is 3.23. The molecule has 1 aromatic rings. The lowest BCUT2D eigenvalue weighted by Gasteiger charge is -2.26. The van der Waals surface area contributed by atoms with Crippen LogP contribution in [0.4, 0.5) is 5.69 Å². The Morgan fingerprint density at radius 1 is 1.27 bits per heavy atom. The Labute approximate surface area is 132 Å². The lowest BCUT2D eigenvalue weighted by molar-refractivity contribution is -0.132. The second kappa shape index (κ2) is 5.58. The van der Waals surface area contributed by atoms with Gasteiger partial charge in [-0.05, 0) is 36.8 Å². The zero-order chi connectivity index (χ0) is 15.1. The molecule has 4 heteroatoms. The Balaban J connectivity index is 1.42. The van der Waals surface area contributed by atoms with E-state index in [9.17, 15) is 4.79 Å². The Morgan fingerprint density at radius 2 is 2.14 bits per heavy atom. The van der Waals surface area contributed by atoms with Gasteiger partial charge in [0.15, 0.2) is 0 Å². The number of hydrogen-bond acceptors (Lipinski definition) is 3. The maximum atomic E-state index is 12.6. The molecule has 2 fully saturated rings. The van der Waals surface area contributed by atoms with Gasteiger partial charge in [0, 0.05) is 37.9 Å². The maximum absolute atomic E-state index is 12.6. The van der Waals surface area contributed by atoms with E-state index in [1.807, 2.05) is 0 Å². The van der Waals surface area contributed by atoms with Gasteiger partial charge in [0.2, 0.25) is 5.91 Å². The van der Waals surface area contributed by atoms with Crippen molar-refractivity contribution in [3.05, 3.63) is 29.8 Å². The largest absolute Gasteiger partial charge is 0.367 e. The number of anilines is 1. The van der Waals surface area contributed by atoms with Crippen LogP contribution in [0.15, 0.2) is 24.3 Å². The predicted octanol–water partition coefficient (Wildman–Crippen LogP) is 1.65. The Morgan fingerprint density at radius 3 is 2.95 bits per heavy atom. The van der Waals surface area contributed by atoms with Crippen LogP contribution in [0.25, 0.3) is 0 Å². The summed E-state index contributed by atoms with van der Waals surface area (Å²) in [6, 6.07) is 9.16. The lowest BCUT2D eigenvalue weighted by Crippen LogP contribution is -2.42. The third-order valence-corrected chi connectivity index (χ3v) is 5.51. The van der Waals surface area contributed by atoms with E-state index in [0.29, 0.717) is 17.9 Å². The van der Waals surface area contributed by atoms with Crippen LogP contribution in [0.2, 0.25) is 0 Å². The number of para-hydroxylation sites is 1. The molecule has 0 aromatic heterocycles. The van der Waals surface area contributed by atoms with Gasteiger partial charge in [-0.1, -0.05) is 25.1 Å². The summed E-state index contributed by atoms with van der Waals surface area (Å²) in [6.45, 7) is 6.13. The van der Waals surface area contributed by atoms with Crippen molar-refractivity contribution in [1.82, 2.24) is 10.2 Å². The summed E-state index contributed by atoms with van der Waals surface area (Å²) in [5.74, 6) is 0.978. The summed E-state index contributed by atoms with van der Waals surface area (Å²) < 4.78 is 0. The van der Waals surface area contributed by atoms with Crippen LogP contribution in [-0.2, 0) is 11.2 Å². The fraction of sp³-hybridized carbons (Fsp3) is 0.611. The number of carbonyl (C=O) groups is 1. The molecule has 3 atom stereocenters. The molecule has 1 amide bonds. The van der Waals surface area contributed by atoms with Crippen LogP contribution in [-0.4, -0.2) is 49.1 Å². The first kappa shape index (κ1) is 14.1. The van der Waals surface area contributed by atoms with Gasteiger partial charge >= 0.3 is 0 Å². The Hall–Kier alpha value is -1.55. The smallest absolute Gasteiger partial charge is 0.239 e. The molecule has 4 nitrogen and oxygen atoms in total. The van der Waals surface area contributed by atoms with Crippen molar-refractivity contribution in [3.8, 4) is 0 Å². The van der Waals surface area contributed by atoms with Crippen LogP contribution in [0.1, 0.15) is 25.3 Å². The van der Waals surface area contributed by atoms with Crippen LogP contribution < -0.4 is 10.2 Å². The SMILES string of the molecule is CC1CCN(C(=O)[C@@H]2C[C@H](N3CCc4ccccc43)CN2)C1. The summed E-state index contributed by atoms with van der Waals surface area (Å²) in [5.41, 5.74) is 2.82. The topological polar surface area (TPSA) is 35.6 Å². The van der Waals surface area contributed by atoms with E-state index in [4.69, 9.17) is 0 Å². The van der Waals surface area contributed by atoms with Crippen LogP contribution in [0.3, 0.4) is 0 Å². The number of rotatable bonds is 2. The predicted molar refractivity (Wildman–Crippen MR) is 88.0 cm³/mol. The summed E-state index contributed by atoms with van der Waals surface area (Å²) >= 11 is 0. The molecule has 118 valence electrons. The number of carbonyl (C=O) groups excluding carboxylic acids is 1. The molecule has 0 aliphatic carbocycles. The van der Waals surface area contributed by atoms with Gasteiger partial charge in [-0.15, -0.1) is 0 Å². The molecule has 0 spiro atoms. The zero-order valence-corrected chi connectivity index (χ0v) is 13.3. The van der Waals surface area contributed by atoms with Crippen molar-refractivity contribution in [3.63, 3.8) is 0 Å². The molecule has 3 aliphatic rings. The van der Waals surface area contributed by atoms with E-state index >= 15 is 0 Å². The fourth-order valence-electron chi connectivity index (χ4n) is 4.24. The normalized spacial score (nSPS) is 30.9. The molecule has 3 aliphatic heterocycles. The zero-order valence-electron chi connectivity index (χ0n) is 13.3. The summed E-state index contributed by atoms with van der Waals surface area (Å²) in [4.78, 5) is 17.2. The number of fused-ring (bicyclic) bond motifs is 1. The molecule has 1 N–H and O–H groups in total. The highest BCUT2D eigenvalue weighted by atomic mass is 16.2. The molecule has 0 saturated carbocycles. The van der Waals surface area contributed by atoms with E-state index in [1.54, 1.807) is 0 Å². The third-order valence-electron chi connectivity index (χ3n) is 5.51. The lowest BCUT2D eigenvalue weighted by atomic mass is 10.1. The van der Waals surface area contributed by atoms with E-state index in [1.165, 1.54) is 11.3 Å². The Bertz CT molecular complexity index is 573. The minimum Gasteiger partial charge on any atom is -0.367 e. The molecular formula is C18H25N3O. The maximum Gasteiger partial charge on any atom is 0.239 e. The molecule has 22 heavy (non-hydrogen) atoms. The second-order valence-electron chi connectivity index (χ2n) is 7.10. The number of benzene rings is 1. The number of likely N-dealkylation sites (tertiary alicyclic amines) is 1. The van der Waals surface area contributed by atoms with Gasteiger partial charge < -0.3 is 15.1 Å². The summed E-state index contributed by atoms with van der Waals surface area (Å²) in [5, 5.41) is 3.47. The highest BCUT2D eigenvalue weighted by Gasteiger charge is 2.38. The minimum absolute atomic E-state index is 0.0167. The van der Waals surface area contributed by atoms with Crippen molar-refractivity contribution in [2.75, 3.05) is 31.1 Å². The van der Waals surface area contributed by atoms with Crippen molar-refractivity contribution in [1.29, 1.82) is 0 Å². The number of nitrogens with zero attached hydrogens (tertiary/aromatic N) is 2. The fourth-order valence-corrected chi connectivity index (χ4v) is 4.24. The molecule has 1 unspecified atom stereocenters. The monoisotopic (exact) mass is 299 g/mol. The molecular weight excluding hydrogens is 274 g/mol. The Kier molecular flexibility index (Phi) is 3.57. The third kappa shape index (κ3) is 2.39. The second-order valence-corrected chi connectivity index (χ2v) is 7.10. The van der Waals surface area contributed by atoms with Gasteiger partial charge in [0.05, 0.1) is 6.04 Å². The van der Waals surface area contributed by atoms with Crippen molar-refractivity contribution in [2.45, 2.75) is 38.3 Å². The standard InChI is InChI=1S/C18H25N3O/c1-13-6-8-20(12-13)18(22)16-10-15(11-19-16)21-9-7-14-4-2-3-5-17(14)21/h2-5,13,15-16,19H,6-12H2,1H3/t13?,15-,16-/m0/s1. The van der Waals surface area contributed by atoms with Crippen LogP contribution in [0.5, 0.6) is 0 Å². The first-order chi connectivity index (χ1) is 10.7. The van der Waals surface area contributed by atoms with E-state index < -0.39 is 0 Å². The number of hydrogen-bond donors (Lipinski definition) is 1. The van der Waals surface area contributed by atoms with Crippen molar-refractivity contribution in [2.24, 2.45) is 5.92 Å². The average Bonchev–Trinajstić information content (AvgIpc) is 3.24. The molecule has 3 heterocycles. The van der Waals surface area contributed by atoms with Gasteiger partial charge in [-0.3, -0.25) is 4.79 Å². The number of amides is 1. The average molecular weight is 299 g/mol. The molecule has 2 saturated heterocycles. The highest BCUT2D eigenvalue weighted by molar-refractivity contribution is 5.82. The molecule has 0 bridgehead atoms. The van der Waals surface area contributed by atoms with Crippen molar-refractivity contribution >= 4 is 11.6 Å². The van der Waals surface area contributed by atoms with E-state index in [2.05, 4.69) is 46.3 Å². The first-order valence-electron chi connectivity index (χ1n) is 8.59. The highest BCUT2D eigenvalue weighted by Crippen LogP contribution is 2.32. The molecule has 0 radical (unpaired) electrons. The van der Waals surface area contributed by atoms with E-state index in [-0.39, 0.29) is 6.04 Å². The van der Waals surface area contributed by atoms with Crippen molar-refractivity contribution < 1.29 is 4.79 Å². The van der Waals surface area contributed by atoms with Gasteiger partial charge in [0.1, 0.15) is 0 Å². The van der Waals surface area contributed by atoms with Crippen LogP contribution in [0, 0.1) is 5.92 Å². The van der Waals surface area contributed by atoms with Gasteiger partial charge in [0.25, 0.3) is 0 Å². The number of nitrogens with one attached hydrogen (secondary N) is 1. The molecule has 4 rings (SSSR count). The molecule has 1 aromatic carbocycles. The van der Waals surface area contributed by atoms with Crippen LogP contribution >= 0.6 is 0 Å². The first-order valence-corrected chi connectivity index (χ1v) is 8.59.